The van der Waals surface area contributed by atoms with Crippen molar-refractivity contribution in [1.82, 2.24) is 0 Å². The molecule has 0 aliphatic heterocycles. The van der Waals surface area contributed by atoms with Crippen molar-refractivity contribution >= 4 is 0 Å². The molecule has 0 saturated carbocycles. The monoisotopic (exact) mass is 240 g/mol. The second-order valence-corrected chi connectivity index (χ2v) is 4.73. The summed E-state index contributed by atoms with van der Waals surface area (Å²) in [6, 6.07) is 4.92. The molecule has 17 heavy (non-hydrogen) atoms. The third-order valence-electron chi connectivity index (χ3n) is 2.25. The second-order valence-electron chi connectivity index (χ2n) is 4.73. The predicted molar refractivity (Wildman–Crippen MR) is 70.6 cm³/mol. The van der Waals surface area contributed by atoms with Gasteiger partial charge >= 0.3 is 0 Å². The van der Waals surface area contributed by atoms with Crippen LogP contribution in [-0.2, 0) is 10.2 Å². The summed E-state index contributed by atoms with van der Waals surface area (Å²) in [5, 5.41) is 18.3. The zero-order chi connectivity index (χ0) is 13.5. The highest BCUT2D eigenvalue weighted by Gasteiger charge is 2.14. The van der Waals surface area contributed by atoms with Gasteiger partial charge in [-0.05, 0) is 37.0 Å². The number of phenols is 2. The van der Waals surface area contributed by atoms with Crippen molar-refractivity contribution in [3.8, 4) is 11.5 Å². The van der Waals surface area contributed by atoms with Crippen molar-refractivity contribution < 1.29 is 14.9 Å². The van der Waals surface area contributed by atoms with Crippen molar-refractivity contribution in [1.29, 1.82) is 0 Å². The van der Waals surface area contributed by atoms with E-state index in [0.29, 0.717) is 0 Å². The molecule has 1 aromatic carbocycles. The number of ether oxygens (including phenoxy) is 1. The van der Waals surface area contributed by atoms with Gasteiger partial charge < -0.3 is 14.9 Å². The lowest BCUT2D eigenvalue weighted by atomic mass is 9.87. The summed E-state index contributed by atoms with van der Waals surface area (Å²) in [5.41, 5.74) is 1.02. The zero-order valence-corrected chi connectivity index (χ0v) is 11.4. The molecule has 0 fully saturated rings. The second kappa shape index (κ2) is 7.17. The van der Waals surface area contributed by atoms with Gasteiger partial charge in [-0.3, -0.25) is 0 Å². The van der Waals surface area contributed by atoms with E-state index < -0.39 is 0 Å². The lowest BCUT2D eigenvalue weighted by Gasteiger charge is -2.19. The molecule has 0 aliphatic rings. The molecule has 3 nitrogen and oxygen atoms in total. The molecule has 0 unspecified atom stereocenters. The molecule has 0 saturated heterocycles. The number of aromatic hydroxyl groups is 2. The number of benzene rings is 1. The van der Waals surface area contributed by atoms with Gasteiger partial charge in [0.15, 0.2) is 11.5 Å². The van der Waals surface area contributed by atoms with Crippen LogP contribution in [0.1, 0.15) is 40.2 Å². The van der Waals surface area contributed by atoms with E-state index in [1.54, 1.807) is 6.07 Å². The van der Waals surface area contributed by atoms with Crippen LogP contribution < -0.4 is 0 Å². The van der Waals surface area contributed by atoms with E-state index >= 15 is 0 Å². The fraction of sp³-hybridized carbons (Fsp3) is 0.571. The molecule has 1 aromatic rings. The van der Waals surface area contributed by atoms with E-state index in [-0.39, 0.29) is 16.9 Å². The summed E-state index contributed by atoms with van der Waals surface area (Å²) >= 11 is 0. The molecular formula is C14H24O3. The van der Waals surface area contributed by atoms with Gasteiger partial charge in [-0.15, -0.1) is 0 Å². The van der Waals surface area contributed by atoms with Crippen LogP contribution in [0.4, 0.5) is 0 Å². The molecule has 0 heterocycles. The van der Waals surface area contributed by atoms with Crippen molar-refractivity contribution in [2.75, 3.05) is 13.2 Å². The Labute approximate surface area is 104 Å². The first kappa shape index (κ1) is 15.8. The normalized spacial score (nSPS) is 10.6. The van der Waals surface area contributed by atoms with Gasteiger partial charge in [-0.1, -0.05) is 26.8 Å². The molecule has 0 aromatic heterocycles. The molecule has 0 aliphatic carbocycles. The average molecular weight is 240 g/mol. The highest BCUT2D eigenvalue weighted by Crippen LogP contribution is 2.30. The van der Waals surface area contributed by atoms with E-state index in [2.05, 4.69) is 20.8 Å². The Morgan fingerprint density at radius 3 is 1.82 bits per heavy atom. The van der Waals surface area contributed by atoms with Crippen LogP contribution in [-0.4, -0.2) is 23.4 Å². The molecule has 0 radical (unpaired) electrons. The lowest BCUT2D eigenvalue weighted by Crippen LogP contribution is -2.10. The summed E-state index contributed by atoms with van der Waals surface area (Å²) < 4.78 is 4.83. The number of hydrogen-bond donors (Lipinski definition) is 2. The van der Waals surface area contributed by atoms with Crippen LogP contribution in [0.2, 0.25) is 0 Å². The fourth-order valence-corrected chi connectivity index (χ4v) is 1.19. The Kier molecular flexibility index (Phi) is 6.66. The Hall–Kier alpha value is -1.22. The summed E-state index contributed by atoms with van der Waals surface area (Å²) in [6.45, 7) is 11.8. The minimum Gasteiger partial charge on any atom is -0.504 e. The van der Waals surface area contributed by atoms with E-state index in [9.17, 15) is 5.11 Å². The molecule has 0 spiro atoms. The zero-order valence-electron chi connectivity index (χ0n) is 11.4. The van der Waals surface area contributed by atoms with Crippen molar-refractivity contribution in [3.63, 3.8) is 0 Å². The summed E-state index contributed by atoms with van der Waals surface area (Å²) in [6.07, 6.45) is 0. The van der Waals surface area contributed by atoms with E-state index in [4.69, 9.17) is 9.84 Å². The maximum atomic E-state index is 9.21. The molecule has 0 bridgehead atoms. The minimum absolute atomic E-state index is 0.00514. The molecule has 1 rings (SSSR count). The van der Waals surface area contributed by atoms with E-state index in [1.807, 2.05) is 19.9 Å². The van der Waals surface area contributed by atoms with Crippen molar-refractivity contribution in [2.24, 2.45) is 0 Å². The Bertz CT molecular complexity index is 325. The van der Waals surface area contributed by atoms with Gasteiger partial charge in [-0.2, -0.15) is 0 Å². The summed E-state index contributed by atoms with van der Waals surface area (Å²) in [5.74, 6) is -0.120. The smallest absolute Gasteiger partial charge is 0.157 e. The predicted octanol–water partition coefficient (Wildman–Crippen LogP) is 3.44. The number of hydrogen-bond acceptors (Lipinski definition) is 3. The van der Waals surface area contributed by atoms with Crippen LogP contribution in [0.15, 0.2) is 18.2 Å². The molecule has 0 atom stereocenters. The van der Waals surface area contributed by atoms with Crippen LogP contribution in [0.3, 0.4) is 0 Å². The Balaban J connectivity index is 0.000000437. The maximum Gasteiger partial charge on any atom is 0.157 e. The third-order valence-corrected chi connectivity index (χ3v) is 2.25. The largest absolute Gasteiger partial charge is 0.504 e. The Morgan fingerprint density at radius 1 is 1.00 bits per heavy atom. The van der Waals surface area contributed by atoms with Crippen molar-refractivity contribution in [2.45, 2.75) is 40.0 Å². The summed E-state index contributed by atoms with van der Waals surface area (Å²) in [7, 11) is 0. The van der Waals surface area contributed by atoms with Crippen molar-refractivity contribution in [3.05, 3.63) is 23.8 Å². The van der Waals surface area contributed by atoms with Crippen LogP contribution in [0.5, 0.6) is 11.5 Å². The standard InChI is InChI=1S/C10H14O2.C4H10O/c1-10(2,3)7-4-5-8(11)9(12)6-7;1-3-5-4-2/h4-6,11-12H,1-3H3;3-4H2,1-2H3. The molecule has 3 heteroatoms. The van der Waals surface area contributed by atoms with Gasteiger partial charge in [0.25, 0.3) is 0 Å². The number of phenolic OH excluding ortho intramolecular Hbond substituents is 2. The van der Waals surface area contributed by atoms with Crippen LogP contribution >= 0.6 is 0 Å². The third kappa shape index (κ3) is 6.17. The van der Waals surface area contributed by atoms with Gasteiger partial charge in [0.2, 0.25) is 0 Å². The maximum absolute atomic E-state index is 9.21. The summed E-state index contributed by atoms with van der Waals surface area (Å²) in [4.78, 5) is 0. The van der Waals surface area contributed by atoms with Gasteiger partial charge in [-0.25, -0.2) is 0 Å². The first-order chi connectivity index (χ1) is 7.82. The first-order valence-corrected chi connectivity index (χ1v) is 5.93. The molecular weight excluding hydrogens is 216 g/mol. The van der Waals surface area contributed by atoms with E-state index in [1.165, 1.54) is 6.07 Å². The van der Waals surface area contributed by atoms with Gasteiger partial charge in [0.1, 0.15) is 0 Å². The van der Waals surface area contributed by atoms with Gasteiger partial charge in [0.05, 0.1) is 0 Å². The lowest BCUT2D eigenvalue weighted by molar-refractivity contribution is 0.162. The van der Waals surface area contributed by atoms with Crippen LogP contribution in [0.25, 0.3) is 0 Å². The average Bonchev–Trinajstić information content (AvgIpc) is 2.22. The highest BCUT2D eigenvalue weighted by molar-refractivity contribution is 5.42. The van der Waals surface area contributed by atoms with Crippen LogP contribution in [0, 0.1) is 0 Å². The molecule has 98 valence electrons. The topological polar surface area (TPSA) is 49.7 Å². The Morgan fingerprint density at radius 2 is 1.53 bits per heavy atom. The first-order valence-electron chi connectivity index (χ1n) is 5.93. The molecule has 0 amide bonds. The quantitative estimate of drug-likeness (QED) is 0.778. The fourth-order valence-electron chi connectivity index (χ4n) is 1.19. The number of rotatable bonds is 2. The minimum atomic E-state index is -0.0667. The van der Waals surface area contributed by atoms with Gasteiger partial charge in [0, 0.05) is 13.2 Å². The van der Waals surface area contributed by atoms with E-state index in [0.717, 1.165) is 18.8 Å². The highest BCUT2D eigenvalue weighted by atomic mass is 16.5. The molecule has 2 N–H and O–H groups in total. The SMILES string of the molecule is CC(C)(C)c1ccc(O)c(O)c1.CCOCC.